The predicted octanol–water partition coefficient (Wildman–Crippen LogP) is 3.98. The number of carbonyl (C=O) groups is 1. The monoisotopic (exact) mass is 294 g/mol. The highest BCUT2D eigenvalue weighted by Crippen LogP contribution is 2.32. The maximum Gasteiger partial charge on any atom is 0.341 e. The van der Waals surface area contributed by atoms with Gasteiger partial charge in [0.2, 0.25) is 0 Å². The average Bonchev–Trinajstić information content (AvgIpc) is 2.41. The molecule has 19 heavy (non-hydrogen) atoms. The molecule has 0 bridgehead atoms. The van der Waals surface area contributed by atoms with E-state index in [1.165, 1.54) is 24.9 Å². The Balaban J connectivity index is 2.20. The van der Waals surface area contributed by atoms with Crippen molar-refractivity contribution in [1.82, 2.24) is 0 Å². The van der Waals surface area contributed by atoms with Crippen molar-refractivity contribution in [2.45, 2.75) is 9.79 Å². The van der Waals surface area contributed by atoms with Gasteiger partial charge in [0.1, 0.15) is 11.3 Å². The number of halogens is 1. The second-order valence-electron chi connectivity index (χ2n) is 3.73. The molecule has 0 radical (unpaired) electrons. The minimum Gasteiger partial charge on any atom is -0.507 e. The number of carbonyl (C=O) groups excluding carboxylic acids is 1. The van der Waals surface area contributed by atoms with Gasteiger partial charge in [-0.3, -0.25) is 0 Å². The van der Waals surface area contributed by atoms with Crippen molar-refractivity contribution < 1.29 is 14.6 Å². The first kappa shape index (κ1) is 13.8. The third-order valence-electron chi connectivity index (χ3n) is 2.42. The summed E-state index contributed by atoms with van der Waals surface area (Å²) in [6, 6.07) is 12.2. The molecule has 0 fully saturated rings. The van der Waals surface area contributed by atoms with Crippen LogP contribution in [0.3, 0.4) is 0 Å². The van der Waals surface area contributed by atoms with E-state index in [0.717, 1.165) is 9.79 Å². The molecule has 0 unspecified atom stereocenters. The lowest BCUT2D eigenvalue weighted by Crippen LogP contribution is -2.01. The molecule has 0 aromatic heterocycles. The number of methoxy groups -OCH3 is 1. The molecule has 0 aliphatic heterocycles. The Morgan fingerprint density at radius 2 is 1.79 bits per heavy atom. The van der Waals surface area contributed by atoms with Crippen molar-refractivity contribution in [3.8, 4) is 5.75 Å². The van der Waals surface area contributed by atoms with Gasteiger partial charge in [0.15, 0.2) is 0 Å². The summed E-state index contributed by atoms with van der Waals surface area (Å²) in [6.07, 6.45) is 0. The van der Waals surface area contributed by atoms with E-state index >= 15 is 0 Å². The van der Waals surface area contributed by atoms with Gasteiger partial charge in [-0.15, -0.1) is 0 Å². The molecule has 0 spiro atoms. The van der Waals surface area contributed by atoms with Crippen molar-refractivity contribution in [1.29, 1.82) is 0 Å². The lowest BCUT2D eigenvalue weighted by atomic mass is 10.2. The maximum absolute atomic E-state index is 11.3. The molecular weight excluding hydrogens is 284 g/mol. The van der Waals surface area contributed by atoms with Gasteiger partial charge in [-0.2, -0.15) is 0 Å². The van der Waals surface area contributed by atoms with Gasteiger partial charge in [0.25, 0.3) is 0 Å². The number of esters is 1. The maximum atomic E-state index is 11.3. The summed E-state index contributed by atoms with van der Waals surface area (Å²) >= 11 is 7.28. The molecule has 0 heterocycles. The standard InChI is InChI=1S/C14H11ClO3S/c1-18-14(17)12-7-6-11(8-13(12)16)19-10-4-2-9(15)3-5-10/h2-8,16H,1H3. The van der Waals surface area contributed by atoms with Gasteiger partial charge in [-0.1, -0.05) is 23.4 Å². The van der Waals surface area contributed by atoms with E-state index in [1.807, 2.05) is 12.1 Å². The lowest BCUT2D eigenvalue weighted by Gasteiger charge is -2.06. The number of benzene rings is 2. The zero-order valence-corrected chi connectivity index (χ0v) is 11.7. The van der Waals surface area contributed by atoms with Crippen molar-refractivity contribution >= 4 is 29.3 Å². The Morgan fingerprint density at radius 3 is 2.37 bits per heavy atom. The summed E-state index contributed by atoms with van der Waals surface area (Å²) in [4.78, 5) is 13.2. The van der Waals surface area contributed by atoms with Crippen molar-refractivity contribution in [3.05, 3.63) is 53.1 Å². The second-order valence-corrected chi connectivity index (χ2v) is 5.31. The van der Waals surface area contributed by atoms with Gasteiger partial charge in [-0.05, 0) is 42.5 Å². The SMILES string of the molecule is COC(=O)c1ccc(Sc2ccc(Cl)cc2)cc1O. The van der Waals surface area contributed by atoms with Crippen LogP contribution in [0.5, 0.6) is 5.75 Å². The summed E-state index contributed by atoms with van der Waals surface area (Å²) in [5.41, 5.74) is 0.156. The van der Waals surface area contributed by atoms with Crippen LogP contribution in [0, 0.1) is 0 Å². The first-order valence-corrected chi connectivity index (χ1v) is 6.64. The fourth-order valence-electron chi connectivity index (χ4n) is 1.50. The Bertz CT molecular complexity index is 596. The summed E-state index contributed by atoms with van der Waals surface area (Å²) in [5.74, 6) is -0.647. The van der Waals surface area contributed by atoms with Gasteiger partial charge < -0.3 is 9.84 Å². The van der Waals surface area contributed by atoms with Crippen LogP contribution in [-0.4, -0.2) is 18.2 Å². The summed E-state index contributed by atoms with van der Waals surface area (Å²) in [5, 5.41) is 10.5. The van der Waals surface area contributed by atoms with E-state index in [4.69, 9.17) is 11.6 Å². The van der Waals surface area contributed by atoms with Crippen LogP contribution in [-0.2, 0) is 4.74 Å². The van der Waals surface area contributed by atoms with E-state index in [9.17, 15) is 9.90 Å². The molecule has 0 atom stereocenters. The Kier molecular flexibility index (Phi) is 4.35. The zero-order chi connectivity index (χ0) is 13.8. The highest BCUT2D eigenvalue weighted by atomic mass is 35.5. The zero-order valence-electron chi connectivity index (χ0n) is 10.1. The molecule has 0 amide bonds. The van der Waals surface area contributed by atoms with Crippen LogP contribution < -0.4 is 0 Å². The van der Waals surface area contributed by atoms with Crippen molar-refractivity contribution in [2.24, 2.45) is 0 Å². The second kappa shape index (κ2) is 5.99. The first-order chi connectivity index (χ1) is 9.10. The number of ether oxygens (including phenoxy) is 1. The number of hydrogen-bond donors (Lipinski definition) is 1. The average molecular weight is 295 g/mol. The van der Waals surface area contributed by atoms with E-state index in [1.54, 1.807) is 24.3 Å². The molecule has 0 aliphatic rings. The summed E-state index contributed by atoms with van der Waals surface area (Å²) in [7, 11) is 1.28. The molecule has 1 N–H and O–H groups in total. The molecule has 98 valence electrons. The van der Waals surface area contributed by atoms with Crippen LogP contribution in [0.4, 0.5) is 0 Å². The fraction of sp³-hybridized carbons (Fsp3) is 0.0714. The highest BCUT2D eigenvalue weighted by Gasteiger charge is 2.11. The number of phenolic OH excluding ortho intramolecular Hbond substituents is 1. The van der Waals surface area contributed by atoms with Crippen LogP contribution in [0.1, 0.15) is 10.4 Å². The molecule has 0 aliphatic carbocycles. The normalized spacial score (nSPS) is 10.2. The van der Waals surface area contributed by atoms with Crippen molar-refractivity contribution in [3.63, 3.8) is 0 Å². The Morgan fingerprint density at radius 1 is 1.16 bits per heavy atom. The van der Waals surface area contributed by atoms with E-state index in [-0.39, 0.29) is 11.3 Å². The largest absolute Gasteiger partial charge is 0.507 e. The molecule has 0 saturated heterocycles. The molecule has 3 nitrogen and oxygen atoms in total. The molecule has 2 rings (SSSR count). The molecule has 0 saturated carbocycles. The first-order valence-electron chi connectivity index (χ1n) is 5.45. The topological polar surface area (TPSA) is 46.5 Å². The third-order valence-corrected chi connectivity index (χ3v) is 3.67. The minimum atomic E-state index is -0.555. The van der Waals surface area contributed by atoms with Crippen LogP contribution >= 0.6 is 23.4 Å². The van der Waals surface area contributed by atoms with E-state index in [0.29, 0.717) is 5.02 Å². The molecule has 2 aromatic rings. The minimum absolute atomic E-state index is 0.0918. The van der Waals surface area contributed by atoms with Gasteiger partial charge >= 0.3 is 5.97 Å². The molecular formula is C14H11ClO3S. The Labute approximate surface area is 120 Å². The summed E-state index contributed by atoms with van der Waals surface area (Å²) < 4.78 is 4.57. The number of hydrogen-bond acceptors (Lipinski definition) is 4. The van der Waals surface area contributed by atoms with Crippen LogP contribution in [0.15, 0.2) is 52.3 Å². The van der Waals surface area contributed by atoms with E-state index in [2.05, 4.69) is 4.74 Å². The smallest absolute Gasteiger partial charge is 0.341 e. The van der Waals surface area contributed by atoms with Crippen molar-refractivity contribution in [2.75, 3.05) is 7.11 Å². The summed E-state index contributed by atoms with van der Waals surface area (Å²) in [6.45, 7) is 0. The lowest BCUT2D eigenvalue weighted by molar-refractivity contribution is 0.0597. The number of phenols is 1. The van der Waals surface area contributed by atoms with Gasteiger partial charge in [-0.25, -0.2) is 4.79 Å². The predicted molar refractivity (Wildman–Crippen MR) is 75.0 cm³/mol. The third kappa shape index (κ3) is 3.43. The molecule has 2 aromatic carbocycles. The highest BCUT2D eigenvalue weighted by molar-refractivity contribution is 7.99. The van der Waals surface area contributed by atoms with Gasteiger partial charge in [0, 0.05) is 14.8 Å². The molecule has 5 heteroatoms. The quantitative estimate of drug-likeness (QED) is 0.870. The van der Waals surface area contributed by atoms with Gasteiger partial charge in [0.05, 0.1) is 7.11 Å². The van der Waals surface area contributed by atoms with Crippen LogP contribution in [0.25, 0.3) is 0 Å². The number of aromatic hydroxyl groups is 1. The Hall–Kier alpha value is -1.65. The van der Waals surface area contributed by atoms with Crippen LogP contribution in [0.2, 0.25) is 5.02 Å². The number of rotatable bonds is 3. The van der Waals surface area contributed by atoms with E-state index < -0.39 is 5.97 Å². The fourth-order valence-corrected chi connectivity index (χ4v) is 2.47.